The Labute approximate surface area is 126 Å². The van der Waals surface area contributed by atoms with Crippen LogP contribution in [-0.4, -0.2) is 22.2 Å². The summed E-state index contributed by atoms with van der Waals surface area (Å²) in [4.78, 5) is 8.38. The lowest BCUT2D eigenvalue weighted by molar-refractivity contribution is 0.386. The van der Waals surface area contributed by atoms with Crippen LogP contribution in [0.25, 0.3) is 11.5 Å². The number of halogens is 1. The largest absolute Gasteiger partial charge is 0.494 e. The van der Waals surface area contributed by atoms with Crippen molar-refractivity contribution in [1.29, 1.82) is 0 Å². The van der Waals surface area contributed by atoms with Crippen LogP contribution in [0.1, 0.15) is 17.0 Å². The van der Waals surface area contributed by atoms with Crippen LogP contribution in [0.15, 0.2) is 41.2 Å². The van der Waals surface area contributed by atoms with Gasteiger partial charge in [0.2, 0.25) is 0 Å². The Hall–Kier alpha value is -2.76. The average Bonchev–Trinajstić information content (AvgIpc) is 2.96. The van der Waals surface area contributed by atoms with Crippen molar-refractivity contribution in [2.24, 2.45) is 0 Å². The summed E-state index contributed by atoms with van der Waals surface area (Å²) >= 11 is 0. The summed E-state index contributed by atoms with van der Waals surface area (Å²) in [6.07, 6.45) is 3.79. The van der Waals surface area contributed by atoms with Crippen molar-refractivity contribution in [3.8, 4) is 17.2 Å². The van der Waals surface area contributed by atoms with Gasteiger partial charge in [0.15, 0.2) is 17.4 Å². The van der Waals surface area contributed by atoms with E-state index in [0.717, 1.165) is 16.7 Å². The van der Waals surface area contributed by atoms with Crippen LogP contribution in [0.4, 0.5) is 4.39 Å². The van der Waals surface area contributed by atoms with E-state index in [1.165, 1.54) is 13.2 Å². The number of methoxy groups -OCH3 is 1. The number of rotatable bonds is 4. The van der Waals surface area contributed by atoms with Gasteiger partial charge in [0.05, 0.1) is 7.11 Å². The Balaban J connectivity index is 1.83. The highest BCUT2D eigenvalue weighted by Crippen LogP contribution is 2.22. The highest BCUT2D eigenvalue weighted by molar-refractivity contribution is 5.56. The second kappa shape index (κ2) is 5.93. The molecule has 2 heterocycles. The Morgan fingerprint density at radius 2 is 2.14 bits per heavy atom. The molecule has 22 heavy (non-hydrogen) atoms. The van der Waals surface area contributed by atoms with E-state index in [-0.39, 0.29) is 5.75 Å². The lowest BCUT2D eigenvalue weighted by Crippen LogP contribution is -1.94. The van der Waals surface area contributed by atoms with E-state index in [1.807, 2.05) is 13.0 Å². The van der Waals surface area contributed by atoms with E-state index < -0.39 is 5.82 Å². The third-order valence-electron chi connectivity index (χ3n) is 3.30. The van der Waals surface area contributed by atoms with E-state index >= 15 is 0 Å². The molecule has 0 N–H and O–H groups in total. The second-order valence-electron chi connectivity index (χ2n) is 4.85. The Morgan fingerprint density at radius 3 is 2.86 bits per heavy atom. The van der Waals surface area contributed by atoms with Crippen molar-refractivity contribution < 1.29 is 13.7 Å². The molecule has 0 aliphatic carbocycles. The lowest BCUT2D eigenvalue weighted by Gasteiger charge is -2.03. The van der Waals surface area contributed by atoms with Gasteiger partial charge in [-0.15, -0.1) is 0 Å². The van der Waals surface area contributed by atoms with Crippen LogP contribution >= 0.6 is 0 Å². The van der Waals surface area contributed by atoms with Crippen molar-refractivity contribution in [2.45, 2.75) is 13.3 Å². The van der Waals surface area contributed by atoms with Crippen LogP contribution in [0, 0.1) is 12.7 Å². The predicted octanol–water partition coefficient (Wildman–Crippen LogP) is 3.18. The van der Waals surface area contributed by atoms with Gasteiger partial charge in [0.1, 0.15) is 0 Å². The molecule has 0 unspecified atom stereocenters. The summed E-state index contributed by atoms with van der Waals surface area (Å²) < 4.78 is 23.8. The molecule has 0 aliphatic heterocycles. The number of ether oxygens (including phenoxy) is 1. The zero-order chi connectivity index (χ0) is 15.5. The van der Waals surface area contributed by atoms with E-state index in [0.29, 0.717) is 18.1 Å². The van der Waals surface area contributed by atoms with Crippen LogP contribution in [0.5, 0.6) is 5.75 Å². The molecule has 0 bridgehead atoms. The van der Waals surface area contributed by atoms with Crippen molar-refractivity contribution in [2.75, 3.05) is 7.11 Å². The van der Waals surface area contributed by atoms with Crippen molar-refractivity contribution in [3.05, 3.63) is 59.4 Å². The van der Waals surface area contributed by atoms with Crippen LogP contribution in [0.2, 0.25) is 0 Å². The van der Waals surface area contributed by atoms with E-state index in [9.17, 15) is 4.39 Å². The standard InChI is InChI=1S/C16H14FN3O2/c1-10-9-18-6-5-12(10)16-19-15(20-22-16)8-11-3-4-14(21-2)13(17)7-11/h3-7,9H,8H2,1-2H3. The van der Waals surface area contributed by atoms with Gasteiger partial charge in [-0.1, -0.05) is 11.2 Å². The number of hydrogen-bond acceptors (Lipinski definition) is 5. The van der Waals surface area contributed by atoms with Gasteiger partial charge < -0.3 is 9.26 Å². The third-order valence-corrected chi connectivity index (χ3v) is 3.30. The fourth-order valence-corrected chi connectivity index (χ4v) is 2.15. The Morgan fingerprint density at radius 1 is 1.27 bits per heavy atom. The third kappa shape index (κ3) is 2.81. The minimum absolute atomic E-state index is 0.213. The topological polar surface area (TPSA) is 61.0 Å². The van der Waals surface area contributed by atoms with Gasteiger partial charge in [-0.05, 0) is 36.2 Å². The molecule has 3 aromatic rings. The number of aryl methyl sites for hydroxylation is 1. The summed E-state index contributed by atoms with van der Waals surface area (Å²) in [5.74, 6) is 0.735. The maximum absolute atomic E-state index is 13.7. The summed E-state index contributed by atoms with van der Waals surface area (Å²) in [7, 11) is 1.43. The molecule has 3 rings (SSSR count). The molecule has 0 saturated carbocycles. The molecular formula is C16H14FN3O2. The monoisotopic (exact) mass is 299 g/mol. The van der Waals surface area contributed by atoms with E-state index in [1.54, 1.807) is 24.5 Å². The number of aromatic nitrogens is 3. The van der Waals surface area contributed by atoms with E-state index in [4.69, 9.17) is 9.26 Å². The zero-order valence-corrected chi connectivity index (χ0v) is 12.2. The SMILES string of the molecule is COc1ccc(Cc2noc(-c3ccncc3C)n2)cc1F. The quantitative estimate of drug-likeness (QED) is 0.740. The first-order valence-corrected chi connectivity index (χ1v) is 6.73. The van der Waals surface area contributed by atoms with Crippen LogP contribution in [-0.2, 0) is 6.42 Å². The molecule has 0 radical (unpaired) electrons. The van der Waals surface area contributed by atoms with Crippen molar-refractivity contribution in [3.63, 3.8) is 0 Å². The fourth-order valence-electron chi connectivity index (χ4n) is 2.15. The molecule has 0 aliphatic rings. The summed E-state index contributed by atoms with van der Waals surface area (Å²) in [6, 6.07) is 6.58. The van der Waals surface area contributed by atoms with E-state index in [2.05, 4.69) is 15.1 Å². The molecule has 2 aromatic heterocycles. The van der Waals surface area contributed by atoms with Crippen molar-refractivity contribution >= 4 is 0 Å². The lowest BCUT2D eigenvalue weighted by atomic mass is 10.1. The number of nitrogens with zero attached hydrogens (tertiary/aromatic N) is 3. The molecule has 1 aromatic carbocycles. The normalized spacial score (nSPS) is 10.7. The minimum Gasteiger partial charge on any atom is -0.494 e. The van der Waals surface area contributed by atoms with Gasteiger partial charge in [0, 0.05) is 24.4 Å². The number of benzene rings is 1. The van der Waals surface area contributed by atoms with Gasteiger partial charge in [-0.3, -0.25) is 4.98 Å². The fraction of sp³-hybridized carbons (Fsp3) is 0.188. The molecule has 112 valence electrons. The Kier molecular flexibility index (Phi) is 3.82. The molecule has 0 saturated heterocycles. The smallest absolute Gasteiger partial charge is 0.258 e. The first kappa shape index (κ1) is 14.2. The zero-order valence-electron chi connectivity index (χ0n) is 12.2. The van der Waals surface area contributed by atoms with Gasteiger partial charge in [0.25, 0.3) is 5.89 Å². The van der Waals surface area contributed by atoms with Crippen LogP contribution in [0.3, 0.4) is 0 Å². The first-order chi connectivity index (χ1) is 10.7. The summed E-state index contributed by atoms with van der Waals surface area (Å²) in [5, 5.41) is 3.94. The molecule has 6 heteroatoms. The minimum atomic E-state index is -0.409. The summed E-state index contributed by atoms with van der Waals surface area (Å²) in [6.45, 7) is 1.92. The van der Waals surface area contributed by atoms with Crippen LogP contribution < -0.4 is 4.74 Å². The molecule has 0 fully saturated rings. The van der Waals surface area contributed by atoms with Gasteiger partial charge in [-0.25, -0.2) is 4.39 Å². The number of hydrogen-bond donors (Lipinski definition) is 0. The molecular weight excluding hydrogens is 285 g/mol. The first-order valence-electron chi connectivity index (χ1n) is 6.73. The maximum Gasteiger partial charge on any atom is 0.258 e. The Bertz CT molecular complexity index is 802. The van der Waals surface area contributed by atoms with Gasteiger partial charge in [-0.2, -0.15) is 4.98 Å². The number of pyridine rings is 1. The highest BCUT2D eigenvalue weighted by Gasteiger charge is 2.12. The molecule has 0 amide bonds. The molecule has 0 spiro atoms. The highest BCUT2D eigenvalue weighted by atomic mass is 19.1. The summed E-state index contributed by atoms with van der Waals surface area (Å²) in [5.41, 5.74) is 2.54. The maximum atomic E-state index is 13.7. The predicted molar refractivity (Wildman–Crippen MR) is 78.0 cm³/mol. The molecule has 0 atom stereocenters. The molecule has 5 nitrogen and oxygen atoms in total. The average molecular weight is 299 g/mol. The van der Waals surface area contributed by atoms with Gasteiger partial charge >= 0.3 is 0 Å². The van der Waals surface area contributed by atoms with Crippen molar-refractivity contribution in [1.82, 2.24) is 15.1 Å². The second-order valence-corrected chi connectivity index (χ2v) is 4.85.